The predicted octanol–water partition coefficient (Wildman–Crippen LogP) is 2.42. The van der Waals surface area contributed by atoms with E-state index in [2.05, 4.69) is 5.32 Å². The van der Waals surface area contributed by atoms with E-state index in [1.807, 2.05) is 18.2 Å². The average Bonchev–Trinajstić information content (AvgIpc) is 3.18. The zero-order chi connectivity index (χ0) is 16.9. The van der Waals surface area contributed by atoms with Crippen molar-refractivity contribution in [2.24, 2.45) is 0 Å². The Hall–Kier alpha value is -1.89. The molecule has 0 radical (unpaired) electrons. The Labute approximate surface area is 144 Å². The smallest absolute Gasteiger partial charge is 0.261 e. The number of nitrogens with zero attached hydrogens (tertiary/aromatic N) is 1. The maximum atomic E-state index is 12.9. The summed E-state index contributed by atoms with van der Waals surface area (Å²) in [5.74, 6) is -0.0649. The van der Waals surface area contributed by atoms with Crippen LogP contribution in [0.2, 0.25) is 0 Å². The molecule has 24 heavy (non-hydrogen) atoms. The Balaban J connectivity index is 1.67. The van der Waals surface area contributed by atoms with Gasteiger partial charge in [-0.25, -0.2) is 8.42 Å². The van der Waals surface area contributed by atoms with Crippen molar-refractivity contribution in [2.75, 3.05) is 11.4 Å². The topological polar surface area (TPSA) is 66.5 Å². The lowest BCUT2D eigenvalue weighted by Gasteiger charge is -2.18. The zero-order valence-corrected chi connectivity index (χ0v) is 14.3. The molecule has 0 saturated heterocycles. The second-order valence-corrected chi connectivity index (χ2v) is 8.59. The maximum Gasteiger partial charge on any atom is 0.261 e. The number of hydrogen-bond acceptors (Lipinski definition) is 4. The Morgan fingerprint density at radius 1 is 1.04 bits per heavy atom. The van der Waals surface area contributed by atoms with E-state index in [-0.39, 0.29) is 10.8 Å². The fraction of sp³-hybridized carbons (Fsp3) is 0.235. The first kappa shape index (κ1) is 15.6. The fourth-order valence-corrected chi connectivity index (χ4v) is 4.13. The summed E-state index contributed by atoms with van der Waals surface area (Å²) in [5.41, 5.74) is 4.61. The normalized spacial score (nSPS) is 16.1. The summed E-state index contributed by atoms with van der Waals surface area (Å²) in [6.45, 7) is 2.16. The van der Waals surface area contributed by atoms with Crippen molar-refractivity contribution in [3.05, 3.63) is 58.7 Å². The van der Waals surface area contributed by atoms with Crippen LogP contribution in [0.3, 0.4) is 0 Å². The molecule has 0 spiro atoms. The molecule has 0 aromatic heterocycles. The van der Waals surface area contributed by atoms with E-state index in [0.29, 0.717) is 18.5 Å². The Morgan fingerprint density at radius 3 is 2.62 bits per heavy atom. The molecular weight excluding hydrogens is 348 g/mol. The molecule has 1 amide bonds. The molecule has 0 fully saturated rings. The zero-order valence-electron chi connectivity index (χ0n) is 12.8. The largest absolute Gasteiger partial charge is 0.309 e. The van der Waals surface area contributed by atoms with Gasteiger partial charge in [0, 0.05) is 41.6 Å². The van der Waals surface area contributed by atoms with E-state index in [0.717, 1.165) is 29.9 Å². The molecule has 2 aromatic rings. The molecule has 2 aromatic carbocycles. The highest BCUT2D eigenvalue weighted by atomic mass is 35.7. The van der Waals surface area contributed by atoms with Crippen LogP contribution in [0.15, 0.2) is 41.3 Å². The molecule has 5 nitrogen and oxygen atoms in total. The summed E-state index contributed by atoms with van der Waals surface area (Å²) < 4.78 is 22.9. The highest BCUT2D eigenvalue weighted by Gasteiger charge is 2.27. The van der Waals surface area contributed by atoms with Crippen LogP contribution in [0.5, 0.6) is 0 Å². The first-order chi connectivity index (χ1) is 11.4. The number of halogens is 1. The van der Waals surface area contributed by atoms with Gasteiger partial charge in [-0.2, -0.15) is 0 Å². The minimum Gasteiger partial charge on any atom is -0.309 e. The van der Waals surface area contributed by atoms with Crippen LogP contribution in [0.25, 0.3) is 0 Å². The molecule has 0 atom stereocenters. The van der Waals surface area contributed by atoms with Crippen LogP contribution in [0, 0.1) is 0 Å². The Bertz CT molecular complexity index is 956. The third kappa shape index (κ3) is 2.60. The van der Waals surface area contributed by atoms with Crippen LogP contribution in [-0.2, 0) is 28.6 Å². The van der Waals surface area contributed by atoms with Crippen molar-refractivity contribution in [3.63, 3.8) is 0 Å². The second-order valence-electron chi connectivity index (χ2n) is 6.02. The number of rotatable bonds is 2. The van der Waals surface area contributed by atoms with Crippen LogP contribution in [0.4, 0.5) is 5.69 Å². The monoisotopic (exact) mass is 362 g/mol. The summed E-state index contributed by atoms with van der Waals surface area (Å²) in [4.78, 5) is 14.6. The molecule has 124 valence electrons. The van der Waals surface area contributed by atoms with Gasteiger partial charge in [0.05, 0.1) is 4.90 Å². The van der Waals surface area contributed by atoms with Gasteiger partial charge in [-0.05, 0) is 53.4 Å². The summed E-state index contributed by atoms with van der Waals surface area (Å²) >= 11 is 0. The van der Waals surface area contributed by atoms with Gasteiger partial charge in [-0.15, -0.1) is 0 Å². The number of amides is 1. The minimum absolute atomic E-state index is 0.0649. The van der Waals surface area contributed by atoms with Gasteiger partial charge < -0.3 is 10.2 Å². The van der Waals surface area contributed by atoms with Crippen molar-refractivity contribution >= 4 is 31.3 Å². The molecule has 0 unspecified atom stereocenters. The predicted molar refractivity (Wildman–Crippen MR) is 91.8 cm³/mol. The number of fused-ring (bicyclic) bond motifs is 2. The van der Waals surface area contributed by atoms with E-state index in [9.17, 15) is 13.2 Å². The minimum atomic E-state index is -3.76. The van der Waals surface area contributed by atoms with Gasteiger partial charge in [0.25, 0.3) is 15.0 Å². The van der Waals surface area contributed by atoms with Gasteiger partial charge in [0.1, 0.15) is 0 Å². The summed E-state index contributed by atoms with van der Waals surface area (Å²) in [6, 6.07) is 10.4. The molecule has 0 bridgehead atoms. The van der Waals surface area contributed by atoms with Crippen molar-refractivity contribution in [1.29, 1.82) is 0 Å². The van der Waals surface area contributed by atoms with E-state index >= 15 is 0 Å². The summed E-state index contributed by atoms with van der Waals surface area (Å²) in [7, 11) is 1.64. The Kier molecular flexibility index (Phi) is 3.63. The van der Waals surface area contributed by atoms with E-state index < -0.39 is 9.05 Å². The third-order valence-electron chi connectivity index (χ3n) is 4.56. The molecule has 4 rings (SSSR count). The van der Waals surface area contributed by atoms with Crippen LogP contribution >= 0.6 is 10.7 Å². The molecule has 0 aliphatic carbocycles. The molecule has 2 aliphatic heterocycles. The van der Waals surface area contributed by atoms with Gasteiger partial charge in [-0.1, -0.05) is 6.07 Å². The van der Waals surface area contributed by atoms with E-state index in [4.69, 9.17) is 10.7 Å². The first-order valence-corrected chi connectivity index (χ1v) is 9.96. The Morgan fingerprint density at radius 2 is 1.83 bits per heavy atom. The second kappa shape index (κ2) is 5.58. The third-order valence-corrected chi connectivity index (χ3v) is 5.91. The van der Waals surface area contributed by atoms with Crippen molar-refractivity contribution < 1.29 is 13.2 Å². The van der Waals surface area contributed by atoms with Gasteiger partial charge in [0.15, 0.2) is 0 Å². The lowest BCUT2D eigenvalue weighted by molar-refractivity contribution is 0.0989. The van der Waals surface area contributed by atoms with Gasteiger partial charge >= 0.3 is 0 Å². The van der Waals surface area contributed by atoms with E-state index in [1.54, 1.807) is 17.0 Å². The molecular formula is C17H15ClN2O3S. The average molecular weight is 363 g/mol. The van der Waals surface area contributed by atoms with E-state index in [1.165, 1.54) is 11.6 Å². The first-order valence-electron chi connectivity index (χ1n) is 7.65. The highest BCUT2D eigenvalue weighted by molar-refractivity contribution is 8.13. The summed E-state index contributed by atoms with van der Waals surface area (Å²) in [6.07, 6.45) is 0.619. The molecule has 2 aliphatic rings. The number of nitrogens with one attached hydrogen (secondary N) is 1. The highest BCUT2D eigenvalue weighted by Crippen LogP contribution is 2.32. The maximum absolute atomic E-state index is 12.9. The van der Waals surface area contributed by atoms with Crippen molar-refractivity contribution in [3.8, 4) is 0 Å². The van der Waals surface area contributed by atoms with Crippen LogP contribution < -0.4 is 10.2 Å². The SMILES string of the molecule is O=C(c1ccc2c(c1)CNC2)N1CCc2cc(S(=O)(=O)Cl)ccc21. The van der Waals surface area contributed by atoms with Crippen molar-refractivity contribution in [1.82, 2.24) is 5.32 Å². The molecule has 0 saturated carbocycles. The number of carbonyl (C=O) groups is 1. The van der Waals surface area contributed by atoms with Crippen molar-refractivity contribution in [2.45, 2.75) is 24.4 Å². The number of benzene rings is 2. The molecule has 7 heteroatoms. The van der Waals surface area contributed by atoms with Gasteiger partial charge in [-0.3, -0.25) is 4.79 Å². The van der Waals surface area contributed by atoms with Crippen LogP contribution in [-0.4, -0.2) is 20.9 Å². The fourth-order valence-electron chi connectivity index (χ4n) is 3.32. The lowest BCUT2D eigenvalue weighted by Crippen LogP contribution is -2.28. The van der Waals surface area contributed by atoms with Crippen LogP contribution in [0.1, 0.15) is 27.0 Å². The molecule has 2 heterocycles. The molecule has 1 N–H and O–H groups in total. The lowest BCUT2D eigenvalue weighted by atomic mass is 10.1. The summed E-state index contributed by atoms with van der Waals surface area (Å²) in [5, 5.41) is 3.27. The number of carbonyl (C=O) groups excluding carboxylic acids is 1. The number of anilines is 1. The number of hydrogen-bond donors (Lipinski definition) is 1. The van der Waals surface area contributed by atoms with Gasteiger partial charge in [0.2, 0.25) is 0 Å². The quantitative estimate of drug-likeness (QED) is 0.833. The standard InChI is InChI=1S/C17H15ClN2O3S/c18-24(22,23)15-3-4-16-11(8-15)5-6-20(16)17(21)12-1-2-13-9-19-10-14(13)7-12/h1-4,7-8,19H,5-6,9-10H2.